The molecule has 164 valence electrons. The number of aromatic nitrogens is 1. The van der Waals surface area contributed by atoms with Crippen LogP contribution in [-0.4, -0.2) is 47.6 Å². The minimum Gasteiger partial charge on any atom is -0.478 e. The summed E-state index contributed by atoms with van der Waals surface area (Å²) in [6.45, 7) is 6.27. The molecule has 1 amide bonds. The normalized spacial score (nSPS) is 16.0. The SMILES string of the molecule is Cc1cccc(N2CCN(c3ncc(NC(=O)c4ccccc4)cc3C(=O)O)C[C@H]2C)c1. The fourth-order valence-electron chi connectivity index (χ4n) is 4.07. The van der Waals surface area contributed by atoms with Gasteiger partial charge in [0.25, 0.3) is 5.91 Å². The van der Waals surface area contributed by atoms with E-state index >= 15 is 0 Å². The Balaban J connectivity index is 1.52. The van der Waals surface area contributed by atoms with Crippen molar-refractivity contribution in [2.75, 3.05) is 34.8 Å². The van der Waals surface area contributed by atoms with E-state index in [-0.39, 0.29) is 17.5 Å². The number of nitrogens with one attached hydrogen (secondary N) is 1. The molecule has 1 fully saturated rings. The predicted octanol–water partition coefficient (Wildman–Crippen LogP) is 4.06. The van der Waals surface area contributed by atoms with Crippen LogP contribution < -0.4 is 15.1 Å². The van der Waals surface area contributed by atoms with Gasteiger partial charge in [0.15, 0.2) is 0 Å². The fourth-order valence-corrected chi connectivity index (χ4v) is 4.07. The highest BCUT2D eigenvalue weighted by Gasteiger charge is 2.28. The summed E-state index contributed by atoms with van der Waals surface area (Å²) >= 11 is 0. The molecule has 2 heterocycles. The highest BCUT2D eigenvalue weighted by molar-refractivity contribution is 6.05. The summed E-state index contributed by atoms with van der Waals surface area (Å²) in [4.78, 5) is 33.2. The van der Waals surface area contributed by atoms with Crippen molar-refractivity contribution in [1.82, 2.24) is 4.98 Å². The Labute approximate surface area is 187 Å². The van der Waals surface area contributed by atoms with Crippen LogP contribution in [0.4, 0.5) is 17.2 Å². The summed E-state index contributed by atoms with van der Waals surface area (Å²) in [7, 11) is 0. The number of rotatable bonds is 5. The maximum Gasteiger partial charge on any atom is 0.339 e. The fraction of sp³-hybridized carbons (Fsp3) is 0.240. The van der Waals surface area contributed by atoms with Gasteiger partial charge >= 0.3 is 5.97 Å². The van der Waals surface area contributed by atoms with Crippen LogP contribution in [0.1, 0.15) is 33.2 Å². The van der Waals surface area contributed by atoms with Crippen molar-refractivity contribution in [1.29, 1.82) is 0 Å². The van der Waals surface area contributed by atoms with E-state index in [0.717, 1.165) is 6.54 Å². The van der Waals surface area contributed by atoms with E-state index < -0.39 is 5.97 Å². The Bertz CT molecular complexity index is 1130. The number of carboxylic acid groups (broad SMARTS) is 1. The lowest BCUT2D eigenvalue weighted by Gasteiger charge is -2.42. The molecule has 1 aliphatic heterocycles. The number of carboxylic acids is 1. The van der Waals surface area contributed by atoms with Crippen LogP contribution in [0.25, 0.3) is 0 Å². The van der Waals surface area contributed by atoms with Crippen molar-refractivity contribution in [2.24, 2.45) is 0 Å². The average molecular weight is 431 g/mol. The van der Waals surface area contributed by atoms with E-state index in [9.17, 15) is 14.7 Å². The van der Waals surface area contributed by atoms with E-state index in [4.69, 9.17) is 0 Å². The number of benzene rings is 2. The molecular weight excluding hydrogens is 404 g/mol. The van der Waals surface area contributed by atoms with E-state index in [0.29, 0.717) is 30.2 Å². The summed E-state index contributed by atoms with van der Waals surface area (Å²) in [6, 6.07) is 18.8. The molecule has 7 heteroatoms. The molecule has 0 aliphatic carbocycles. The van der Waals surface area contributed by atoms with Crippen molar-refractivity contribution >= 4 is 29.1 Å². The second kappa shape index (κ2) is 9.09. The van der Waals surface area contributed by atoms with Gasteiger partial charge in [-0.3, -0.25) is 4.79 Å². The highest BCUT2D eigenvalue weighted by atomic mass is 16.4. The topological polar surface area (TPSA) is 85.8 Å². The van der Waals surface area contributed by atoms with Crippen LogP contribution in [0.5, 0.6) is 0 Å². The van der Waals surface area contributed by atoms with Gasteiger partial charge in [-0.1, -0.05) is 30.3 Å². The number of nitrogens with zero attached hydrogens (tertiary/aromatic N) is 3. The van der Waals surface area contributed by atoms with Crippen molar-refractivity contribution in [3.05, 3.63) is 83.6 Å². The Morgan fingerprint density at radius 1 is 1.06 bits per heavy atom. The first-order chi connectivity index (χ1) is 15.4. The second-order valence-electron chi connectivity index (χ2n) is 8.05. The molecule has 7 nitrogen and oxygen atoms in total. The van der Waals surface area contributed by atoms with Gasteiger partial charge in [-0.2, -0.15) is 0 Å². The minimum absolute atomic E-state index is 0.0760. The number of aromatic carboxylic acids is 1. The van der Waals surface area contributed by atoms with Gasteiger partial charge in [-0.25, -0.2) is 9.78 Å². The van der Waals surface area contributed by atoms with Gasteiger partial charge in [0.1, 0.15) is 11.4 Å². The number of aryl methyl sites for hydroxylation is 1. The molecule has 1 saturated heterocycles. The monoisotopic (exact) mass is 430 g/mol. The quantitative estimate of drug-likeness (QED) is 0.635. The van der Waals surface area contributed by atoms with E-state index in [1.165, 1.54) is 23.5 Å². The number of hydrogen-bond donors (Lipinski definition) is 2. The predicted molar refractivity (Wildman–Crippen MR) is 126 cm³/mol. The molecule has 3 aromatic rings. The Morgan fingerprint density at radius 2 is 1.84 bits per heavy atom. The molecule has 0 unspecified atom stereocenters. The number of hydrogen-bond acceptors (Lipinski definition) is 5. The van der Waals surface area contributed by atoms with Crippen molar-refractivity contribution in [2.45, 2.75) is 19.9 Å². The molecule has 0 spiro atoms. The third-order valence-corrected chi connectivity index (χ3v) is 5.65. The Morgan fingerprint density at radius 3 is 2.53 bits per heavy atom. The van der Waals surface area contributed by atoms with Crippen LogP contribution in [0, 0.1) is 6.92 Å². The average Bonchev–Trinajstić information content (AvgIpc) is 2.79. The molecule has 0 saturated carbocycles. The molecule has 1 aliphatic rings. The van der Waals surface area contributed by atoms with E-state index in [2.05, 4.69) is 53.3 Å². The van der Waals surface area contributed by atoms with Gasteiger partial charge in [0, 0.05) is 36.9 Å². The van der Waals surface area contributed by atoms with Crippen LogP contribution in [0.2, 0.25) is 0 Å². The largest absolute Gasteiger partial charge is 0.478 e. The molecule has 2 aromatic carbocycles. The van der Waals surface area contributed by atoms with Gasteiger partial charge in [-0.15, -0.1) is 0 Å². The zero-order valence-electron chi connectivity index (χ0n) is 18.2. The van der Waals surface area contributed by atoms with Crippen LogP contribution >= 0.6 is 0 Å². The van der Waals surface area contributed by atoms with Gasteiger partial charge in [-0.05, 0) is 49.7 Å². The van der Waals surface area contributed by atoms with Crippen LogP contribution in [0.15, 0.2) is 66.9 Å². The third-order valence-electron chi connectivity index (χ3n) is 5.65. The summed E-state index contributed by atoms with van der Waals surface area (Å²) in [5, 5.41) is 12.5. The number of amides is 1. The number of carbonyl (C=O) groups excluding carboxylic acids is 1. The molecule has 1 aromatic heterocycles. The van der Waals surface area contributed by atoms with Crippen LogP contribution in [0.3, 0.4) is 0 Å². The van der Waals surface area contributed by atoms with E-state index in [1.54, 1.807) is 24.3 Å². The molecule has 32 heavy (non-hydrogen) atoms. The van der Waals surface area contributed by atoms with Gasteiger partial charge < -0.3 is 20.2 Å². The molecule has 0 radical (unpaired) electrons. The third kappa shape index (κ3) is 4.56. The number of piperazine rings is 1. The summed E-state index contributed by atoms with van der Waals surface area (Å²) in [5.41, 5.74) is 3.30. The Hall–Kier alpha value is -3.87. The lowest BCUT2D eigenvalue weighted by Crippen LogP contribution is -2.52. The minimum atomic E-state index is -1.07. The first kappa shape index (κ1) is 21.4. The lowest BCUT2D eigenvalue weighted by atomic mass is 10.1. The van der Waals surface area contributed by atoms with Crippen LogP contribution in [-0.2, 0) is 0 Å². The summed E-state index contributed by atoms with van der Waals surface area (Å²) < 4.78 is 0. The molecular formula is C25H26N4O3. The molecule has 2 N–H and O–H groups in total. The van der Waals surface area contributed by atoms with Crippen molar-refractivity contribution in [3.8, 4) is 0 Å². The number of carbonyl (C=O) groups is 2. The van der Waals surface area contributed by atoms with Crippen molar-refractivity contribution < 1.29 is 14.7 Å². The summed E-state index contributed by atoms with van der Waals surface area (Å²) in [6.07, 6.45) is 1.51. The molecule has 0 bridgehead atoms. The first-order valence-corrected chi connectivity index (χ1v) is 10.6. The number of pyridine rings is 1. The zero-order chi connectivity index (χ0) is 22.7. The van der Waals surface area contributed by atoms with Gasteiger partial charge in [0.2, 0.25) is 0 Å². The van der Waals surface area contributed by atoms with Crippen molar-refractivity contribution in [3.63, 3.8) is 0 Å². The maximum atomic E-state index is 12.4. The second-order valence-corrected chi connectivity index (χ2v) is 8.05. The molecule has 4 rings (SSSR count). The smallest absolute Gasteiger partial charge is 0.339 e. The Kier molecular flexibility index (Phi) is 6.07. The molecule has 1 atom stereocenters. The van der Waals surface area contributed by atoms with E-state index in [1.807, 2.05) is 11.0 Å². The number of anilines is 3. The first-order valence-electron chi connectivity index (χ1n) is 10.6. The highest BCUT2D eigenvalue weighted by Crippen LogP contribution is 2.27. The maximum absolute atomic E-state index is 12.4. The standard InChI is InChI=1S/C25H26N4O3/c1-17-7-6-10-21(13-17)29-12-11-28(16-18(29)2)23-22(25(31)32)14-20(15-26-23)27-24(30)19-8-4-3-5-9-19/h3-10,13-15,18H,11-12,16H2,1-2H3,(H,27,30)(H,31,32)/t18-/m1/s1. The van der Waals surface area contributed by atoms with Gasteiger partial charge in [0.05, 0.1) is 11.9 Å². The summed E-state index contributed by atoms with van der Waals surface area (Å²) in [5.74, 6) is -0.958. The lowest BCUT2D eigenvalue weighted by molar-refractivity contribution is 0.0696. The zero-order valence-corrected chi connectivity index (χ0v) is 18.2.